The molecule has 4 heteroatoms. The van der Waals surface area contributed by atoms with Gasteiger partial charge in [-0.2, -0.15) is 0 Å². The number of carbonyl (C=O) groups excluding carboxylic acids is 1. The van der Waals surface area contributed by atoms with Crippen molar-refractivity contribution in [3.05, 3.63) is 35.4 Å². The predicted molar refractivity (Wildman–Crippen MR) is 76.4 cm³/mol. The number of hydrogen-bond donors (Lipinski definition) is 2. The third kappa shape index (κ3) is 2.69. The molecule has 0 aliphatic heterocycles. The van der Waals surface area contributed by atoms with Crippen LogP contribution >= 0.6 is 0 Å². The summed E-state index contributed by atoms with van der Waals surface area (Å²) in [4.78, 5) is 23.1. The van der Waals surface area contributed by atoms with Gasteiger partial charge >= 0.3 is 5.97 Å². The Morgan fingerprint density at radius 1 is 1.10 bits per heavy atom. The van der Waals surface area contributed by atoms with E-state index in [0.717, 1.165) is 5.56 Å². The van der Waals surface area contributed by atoms with E-state index in [-0.39, 0.29) is 11.9 Å². The topological polar surface area (TPSA) is 66.4 Å². The molecule has 108 valence electrons. The van der Waals surface area contributed by atoms with E-state index >= 15 is 0 Å². The molecule has 1 aliphatic rings. The third-order valence-electron chi connectivity index (χ3n) is 4.04. The molecular formula is C16H21NO3. The lowest BCUT2D eigenvalue weighted by atomic mass is 9.99. The van der Waals surface area contributed by atoms with E-state index < -0.39 is 11.4 Å². The Balaban J connectivity index is 2.03. The van der Waals surface area contributed by atoms with Crippen molar-refractivity contribution in [2.24, 2.45) is 5.41 Å². The molecule has 0 radical (unpaired) electrons. The zero-order valence-corrected chi connectivity index (χ0v) is 12.1. The molecule has 0 aromatic heterocycles. The van der Waals surface area contributed by atoms with Crippen molar-refractivity contribution >= 4 is 11.9 Å². The van der Waals surface area contributed by atoms with Crippen molar-refractivity contribution in [1.29, 1.82) is 0 Å². The monoisotopic (exact) mass is 275 g/mol. The summed E-state index contributed by atoms with van der Waals surface area (Å²) < 4.78 is 0. The van der Waals surface area contributed by atoms with Gasteiger partial charge in [-0.25, -0.2) is 0 Å². The highest BCUT2D eigenvalue weighted by atomic mass is 16.4. The first-order chi connectivity index (χ1) is 9.36. The quantitative estimate of drug-likeness (QED) is 0.812. The molecule has 1 aromatic rings. The fourth-order valence-electron chi connectivity index (χ4n) is 2.25. The minimum Gasteiger partial charge on any atom is -0.480 e. The van der Waals surface area contributed by atoms with Gasteiger partial charge < -0.3 is 10.4 Å². The minimum atomic E-state index is -1.17. The average molecular weight is 275 g/mol. The molecule has 2 N–H and O–H groups in total. The molecule has 1 aromatic carbocycles. The first-order valence-corrected chi connectivity index (χ1v) is 7.01. The summed E-state index contributed by atoms with van der Waals surface area (Å²) in [6, 6.07) is 7.89. The first-order valence-electron chi connectivity index (χ1n) is 7.01. The van der Waals surface area contributed by atoms with E-state index in [9.17, 15) is 9.59 Å². The molecule has 1 fully saturated rings. The van der Waals surface area contributed by atoms with E-state index in [4.69, 9.17) is 5.11 Å². The van der Waals surface area contributed by atoms with Gasteiger partial charge in [-0.15, -0.1) is 0 Å². The summed E-state index contributed by atoms with van der Waals surface area (Å²) in [6.07, 6.45) is 0.875. The Labute approximate surface area is 119 Å². The maximum atomic E-state index is 12.0. The molecule has 20 heavy (non-hydrogen) atoms. The van der Waals surface area contributed by atoms with Crippen LogP contribution in [0.15, 0.2) is 24.3 Å². The van der Waals surface area contributed by atoms with Crippen molar-refractivity contribution < 1.29 is 14.7 Å². The van der Waals surface area contributed by atoms with Gasteiger partial charge in [0.2, 0.25) is 5.91 Å². The number of carboxylic acid groups (broad SMARTS) is 1. The van der Waals surface area contributed by atoms with Crippen LogP contribution in [0.2, 0.25) is 0 Å². The standard InChI is InChI=1S/C16H21NO3/c1-10(2)12-4-6-13(7-5-12)11(3)17-14(18)16(8-9-16)15(19)20/h4-7,10-11H,8-9H2,1-3H3,(H,17,18)(H,19,20). The van der Waals surface area contributed by atoms with E-state index in [2.05, 4.69) is 19.2 Å². The molecule has 0 bridgehead atoms. The Morgan fingerprint density at radius 2 is 1.60 bits per heavy atom. The smallest absolute Gasteiger partial charge is 0.319 e. The first kappa shape index (κ1) is 14.6. The van der Waals surface area contributed by atoms with Gasteiger partial charge in [-0.3, -0.25) is 9.59 Å². The second-order valence-electron chi connectivity index (χ2n) is 5.90. The summed E-state index contributed by atoms with van der Waals surface area (Å²) in [5.74, 6) is -0.918. The van der Waals surface area contributed by atoms with Gasteiger partial charge in [-0.05, 0) is 36.8 Å². The second kappa shape index (κ2) is 5.27. The van der Waals surface area contributed by atoms with Gasteiger partial charge in [0, 0.05) is 0 Å². The Kier molecular flexibility index (Phi) is 3.84. The van der Waals surface area contributed by atoms with Crippen molar-refractivity contribution in [3.8, 4) is 0 Å². The van der Waals surface area contributed by atoms with Gasteiger partial charge in [0.15, 0.2) is 0 Å². The summed E-state index contributed by atoms with van der Waals surface area (Å²) in [6.45, 7) is 6.13. The SMILES string of the molecule is CC(C)c1ccc(C(C)NC(=O)C2(C(=O)O)CC2)cc1. The van der Waals surface area contributed by atoms with Crippen molar-refractivity contribution in [2.75, 3.05) is 0 Å². The van der Waals surface area contributed by atoms with Crippen molar-refractivity contribution in [1.82, 2.24) is 5.32 Å². The Hall–Kier alpha value is -1.84. The van der Waals surface area contributed by atoms with Crippen molar-refractivity contribution in [3.63, 3.8) is 0 Å². The average Bonchev–Trinajstić information content (AvgIpc) is 3.20. The van der Waals surface area contributed by atoms with Crippen LogP contribution in [0, 0.1) is 5.41 Å². The largest absolute Gasteiger partial charge is 0.480 e. The second-order valence-corrected chi connectivity index (χ2v) is 5.90. The van der Waals surface area contributed by atoms with Gasteiger partial charge in [0.1, 0.15) is 5.41 Å². The van der Waals surface area contributed by atoms with E-state index in [0.29, 0.717) is 18.8 Å². The van der Waals surface area contributed by atoms with Crippen LogP contribution in [0.25, 0.3) is 0 Å². The van der Waals surface area contributed by atoms with Crippen LogP contribution < -0.4 is 5.32 Å². The van der Waals surface area contributed by atoms with E-state index in [1.165, 1.54) is 5.56 Å². The fourth-order valence-corrected chi connectivity index (χ4v) is 2.25. The van der Waals surface area contributed by atoms with Gasteiger partial charge in [0.25, 0.3) is 0 Å². The van der Waals surface area contributed by atoms with Crippen LogP contribution in [0.1, 0.15) is 56.7 Å². The zero-order chi connectivity index (χ0) is 14.9. The molecule has 0 heterocycles. The highest BCUT2D eigenvalue weighted by Gasteiger charge is 2.57. The molecule has 2 rings (SSSR count). The molecule has 4 nitrogen and oxygen atoms in total. The molecule has 0 spiro atoms. The maximum Gasteiger partial charge on any atom is 0.319 e. The van der Waals surface area contributed by atoms with Crippen LogP contribution in [0.4, 0.5) is 0 Å². The molecule has 1 saturated carbocycles. The molecule has 1 aliphatic carbocycles. The zero-order valence-electron chi connectivity index (χ0n) is 12.1. The summed E-state index contributed by atoms with van der Waals surface area (Å²) in [7, 11) is 0. The molecule has 1 unspecified atom stereocenters. The van der Waals surface area contributed by atoms with Crippen molar-refractivity contribution in [2.45, 2.75) is 45.6 Å². The highest BCUT2D eigenvalue weighted by Crippen LogP contribution is 2.46. The summed E-state index contributed by atoms with van der Waals surface area (Å²) in [5, 5.41) is 11.9. The lowest BCUT2D eigenvalue weighted by molar-refractivity contribution is -0.149. The summed E-state index contributed by atoms with van der Waals surface area (Å²) in [5.41, 5.74) is 1.06. The normalized spacial score (nSPS) is 17.6. The Morgan fingerprint density at radius 3 is 2.00 bits per heavy atom. The summed E-state index contributed by atoms with van der Waals surface area (Å²) >= 11 is 0. The van der Waals surface area contributed by atoms with E-state index in [1.807, 2.05) is 31.2 Å². The number of carbonyl (C=O) groups is 2. The van der Waals surface area contributed by atoms with Crippen LogP contribution in [0.3, 0.4) is 0 Å². The number of nitrogens with one attached hydrogen (secondary N) is 1. The predicted octanol–water partition coefficient (Wildman–Crippen LogP) is 2.85. The lowest BCUT2D eigenvalue weighted by Crippen LogP contribution is -2.38. The molecular weight excluding hydrogens is 254 g/mol. The number of hydrogen-bond acceptors (Lipinski definition) is 2. The van der Waals surface area contributed by atoms with E-state index in [1.54, 1.807) is 0 Å². The van der Waals surface area contributed by atoms with Gasteiger partial charge in [-0.1, -0.05) is 38.1 Å². The lowest BCUT2D eigenvalue weighted by Gasteiger charge is -2.18. The number of carboxylic acids is 1. The number of amides is 1. The fraction of sp³-hybridized carbons (Fsp3) is 0.500. The van der Waals surface area contributed by atoms with Crippen LogP contribution in [0.5, 0.6) is 0 Å². The number of aliphatic carboxylic acids is 1. The minimum absolute atomic E-state index is 0.180. The van der Waals surface area contributed by atoms with Crippen LogP contribution in [-0.4, -0.2) is 17.0 Å². The number of benzene rings is 1. The highest BCUT2D eigenvalue weighted by molar-refractivity contribution is 6.04. The third-order valence-corrected chi connectivity index (χ3v) is 4.04. The molecule has 1 amide bonds. The molecule has 1 atom stereocenters. The maximum absolute atomic E-state index is 12.0. The van der Waals surface area contributed by atoms with Crippen LogP contribution in [-0.2, 0) is 9.59 Å². The van der Waals surface area contributed by atoms with Gasteiger partial charge in [0.05, 0.1) is 6.04 Å². The molecule has 0 saturated heterocycles. The number of rotatable bonds is 5. The Bertz CT molecular complexity index is 515.